The summed E-state index contributed by atoms with van der Waals surface area (Å²) in [5, 5.41) is 3.79. The molecule has 0 saturated carbocycles. The van der Waals surface area contributed by atoms with Crippen molar-refractivity contribution in [1.82, 2.24) is 10.2 Å². The fraction of sp³-hybridized carbons (Fsp3) is 0.333. The third kappa shape index (κ3) is 5.51. The molecule has 1 amide bonds. The van der Waals surface area contributed by atoms with Gasteiger partial charge in [-0.2, -0.15) is 0 Å². The molecule has 2 aromatic carbocycles. The number of ether oxygens (including phenoxy) is 2. The van der Waals surface area contributed by atoms with E-state index >= 15 is 0 Å². The smallest absolute Gasteiger partial charge is 0.336 e. The van der Waals surface area contributed by atoms with E-state index in [4.69, 9.17) is 13.9 Å². The number of aryl methyl sites for hydroxylation is 1. The Balaban J connectivity index is 1.37. The Kier molecular flexibility index (Phi) is 6.64. The maximum Gasteiger partial charge on any atom is 0.336 e. The van der Waals surface area contributed by atoms with Crippen molar-refractivity contribution < 1.29 is 18.7 Å². The number of nitrogens with zero attached hydrogens (tertiary/aromatic N) is 1. The number of carbonyl (C=O) groups is 1. The lowest BCUT2D eigenvalue weighted by atomic mass is 10.0. The number of hydrogen-bond acceptors (Lipinski definition) is 6. The maximum absolute atomic E-state index is 12.5. The lowest BCUT2D eigenvalue weighted by molar-refractivity contribution is -0.123. The van der Waals surface area contributed by atoms with Gasteiger partial charge in [0.05, 0.1) is 19.3 Å². The third-order valence-electron chi connectivity index (χ3n) is 5.37. The van der Waals surface area contributed by atoms with Gasteiger partial charge in [0, 0.05) is 37.2 Å². The van der Waals surface area contributed by atoms with Crippen LogP contribution in [0.5, 0.6) is 5.75 Å². The van der Waals surface area contributed by atoms with Crippen LogP contribution in [-0.2, 0) is 9.53 Å². The first-order valence-electron chi connectivity index (χ1n) is 10.4. The van der Waals surface area contributed by atoms with E-state index in [1.807, 2.05) is 6.07 Å². The van der Waals surface area contributed by atoms with Gasteiger partial charge in [-0.05, 0) is 30.7 Å². The Labute approximate surface area is 180 Å². The molecule has 0 bridgehead atoms. The zero-order valence-electron chi connectivity index (χ0n) is 17.5. The fourth-order valence-electron chi connectivity index (χ4n) is 3.77. The molecule has 1 unspecified atom stereocenters. The molecule has 1 fully saturated rings. The van der Waals surface area contributed by atoms with Gasteiger partial charge in [-0.3, -0.25) is 9.69 Å². The molecule has 7 heteroatoms. The minimum atomic E-state index is -0.423. The second-order valence-corrected chi connectivity index (χ2v) is 7.63. The van der Waals surface area contributed by atoms with Gasteiger partial charge in [-0.1, -0.05) is 29.8 Å². The standard InChI is InChI=1S/C24H26N2O5/c1-17-3-2-4-19(13-17)21(26-9-11-29-12-10-26)15-25-23(27)16-30-20-7-5-18-6-8-24(28)31-22(18)14-20/h2-8,13-14,21H,9-12,15-16H2,1H3,(H,25,27). The first-order chi connectivity index (χ1) is 15.1. The van der Waals surface area contributed by atoms with E-state index in [2.05, 4.69) is 35.3 Å². The Morgan fingerprint density at radius 1 is 1.13 bits per heavy atom. The van der Waals surface area contributed by atoms with E-state index in [-0.39, 0.29) is 18.6 Å². The molecule has 1 aliphatic heterocycles. The van der Waals surface area contributed by atoms with Crippen LogP contribution in [0.1, 0.15) is 17.2 Å². The summed E-state index contributed by atoms with van der Waals surface area (Å²) in [6.45, 7) is 5.47. The number of nitrogens with one attached hydrogen (secondary N) is 1. The molecule has 1 saturated heterocycles. The van der Waals surface area contributed by atoms with E-state index in [1.165, 1.54) is 17.2 Å². The second-order valence-electron chi connectivity index (χ2n) is 7.63. The molecule has 31 heavy (non-hydrogen) atoms. The Morgan fingerprint density at radius 2 is 1.94 bits per heavy atom. The number of hydrogen-bond donors (Lipinski definition) is 1. The van der Waals surface area contributed by atoms with Crippen molar-refractivity contribution in [3.05, 3.63) is 76.1 Å². The van der Waals surface area contributed by atoms with Crippen LogP contribution in [0.2, 0.25) is 0 Å². The molecule has 0 radical (unpaired) electrons. The van der Waals surface area contributed by atoms with Crippen molar-refractivity contribution in [2.75, 3.05) is 39.5 Å². The molecule has 1 atom stereocenters. The van der Waals surface area contributed by atoms with Crippen molar-refractivity contribution in [2.45, 2.75) is 13.0 Å². The van der Waals surface area contributed by atoms with E-state index in [0.29, 0.717) is 31.1 Å². The van der Waals surface area contributed by atoms with Crippen LogP contribution >= 0.6 is 0 Å². The Hall–Kier alpha value is -3.16. The SMILES string of the molecule is Cc1cccc(C(CNC(=O)COc2ccc3ccc(=O)oc3c2)N2CCOCC2)c1. The molecule has 2 heterocycles. The maximum atomic E-state index is 12.5. The highest BCUT2D eigenvalue weighted by atomic mass is 16.5. The average molecular weight is 422 g/mol. The minimum Gasteiger partial charge on any atom is -0.484 e. The van der Waals surface area contributed by atoms with E-state index in [1.54, 1.807) is 24.3 Å². The molecule has 0 aliphatic carbocycles. The highest BCUT2D eigenvalue weighted by Gasteiger charge is 2.23. The minimum absolute atomic E-state index is 0.0719. The molecule has 1 aliphatic rings. The van der Waals surface area contributed by atoms with Crippen LogP contribution in [-0.4, -0.2) is 50.3 Å². The third-order valence-corrected chi connectivity index (χ3v) is 5.37. The fourth-order valence-corrected chi connectivity index (χ4v) is 3.77. The van der Waals surface area contributed by atoms with Gasteiger partial charge in [-0.15, -0.1) is 0 Å². The van der Waals surface area contributed by atoms with Crippen LogP contribution in [0.15, 0.2) is 63.8 Å². The number of carbonyl (C=O) groups excluding carboxylic acids is 1. The van der Waals surface area contributed by atoms with Crippen LogP contribution in [0.3, 0.4) is 0 Å². The summed E-state index contributed by atoms with van der Waals surface area (Å²) in [5.74, 6) is 0.265. The topological polar surface area (TPSA) is 81.0 Å². The summed E-state index contributed by atoms with van der Waals surface area (Å²) in [6, 6.07) is 16.7. The lowest BCUT2D eigenvalue weighted by Crippen LogP contribution is -2.44. The Bertz CT molecular complexity index is 1100. The molecule has 0 spiro atoms. The van der Waals surface area contributed by atoms with Crippen LogP contribution in [0, 0.1) is 6.92 Å². The predicted octanol–water partition coefficient (Wildman–Crippen LogP) is 2.67. The summed E-state index contributed by atoms with van der Waals surface area (Å²) in [7, 11) is 0. The zero-order valence-corrected chi connectivity index (χ0v) is 17.5. The van der Waals surface area contributed by atoms with Crippen LogP contribution in [0.4, 0.5) is 0 Å². The summed E-state index contributed by atoms with van der Waals surface area (Å²) in [5.41, 5.74) is 2.37. The second kappa shape index (κ2) is 9.76. The molecule has 7 nitrogen and oxygen atoms in total. The first-order valence-corrected chi connectivity index (χ1v) is 10.4. The van der Waals surface area contributed by atoms with Crippen molar-refractivity contribution in [2.24, 2.45) is 0 Å². The number of rotatable bonds is 7. The highest BCUT2D eigenvalue weighted by molar-refractivity contribution is 5.79. The molecular formula is C24H26N2O5. The number of amides is 1. The largest absolute Gasteiger partial charge is 0.484 e. The average Bonchev–Trinajstić information content (AvgIpc) is 2.78. The molecule has 1 N–H and O–H groups in total. The highest BCUT2D eigenvalue weighted by Crippen LogP contribution is 2.22. The van der Waals surface area contributed by atoms with Crippen LogP contribution in [0.25, 0.3) is 11.0 Å². The number of morpholine rings is 1. The van der Waals surface area contributed by atoms with Crippen molar-refractivity contribution in [3.8, 4) is 5.75 Å². The van der Waals surface area contributed by atoms with Gasteiger partial charge < -0.3 is 19.2 Å². The molecule has 4 rings (SSSR count). The molecular weight excluding hydrogens is 396 g/mol. The number of benzene rings is 2. The monoisotopic (exact) mass is 422 g/mol. The quantitative estimate of drug-likeness (QED) is 0.590. The van der Waals surface area contributed by atoms with Crippen molar-refractivity contribution in [3.63, 3.8) is 0 Å². The molecule has 162 valence electrons. The van der Waals surface area contributed by atoms with Crippen molar-refractivity contribution >= 4 is 16.9 Å². The van der Waals surface area contributed by atoms with Gasteiger partial charge in [0.25, 0.3) is 5.91 Å². The van der Waals surface area contributed by atoms with E-state index in [9.17, 15) is 9.59 Å². The Morgan fingerprint density at radius 3 is 2.74 bits per heavy atom. The molecule has 3 aromatic rings. The summed E-state index contributed by atoms with van der Waals surface area (Å²) in [6.07, 6.45) is 0. The normalized spacial score (nSPS) is 15.5. The lowest BCUT2D eigenvalue weighted by Gasteiger charge is -2.35. The van der Waals surface area contributed by atoms with Gasteiger partial charge >= 0.3 is 5.63 Å². The summed E-state index contributed by atoms with van der Waals surface area (Å²) >= 11 is 0. The van der Waals surface area contributed by atoms with Gasteiger partial charge in [0.2, 0.25) is 0 Å². The predicted molar refractivity (Wildman–Crippen MR) is 117 cm³/mol. The van der Waals surface area contributed by atoms with E-state index < -0.39 is 5.63 Å². The summed E-state index contributed by atoms with van der Waals surface area (Å²) in [4.78, 5) is 26.2. The first kappa shape index (κ1) is 21.1. The van der Waals surface area contributed by atoms with Gasteiger partial charge in [-0.25, -0.2) is 4.79 Å². The number of fused-ring (bicyclic) bond motifs is 1. The zero-order chi connectivity index (χ0) is 21.6. The van der Waals surface area contributed by atoms with Crippen molar-refractivity contribution in [1.29, 1.82) is 0 Å². The summed E-state index contributed by atoms with van der Waals surface area (Å²) < 4.78 is 16.3. The van der Waals surface area contributed by atoms with Crippen LogP contribution < -0.4 is 15.7 Å². The van der Waals surface area contributed by atoms with Gasteiger partial charge in [0.1, 0.15) is 11.3 Å². The van der Waals surface area contributed by atoms with E-state index in [0.717, 1.165) is 18.5 Å². The molecule has 1 aromatic heterocycles. The van der Waals surface area contributed by atoms with Gasteiger partial charge in [0.15, 0.2) is 6.61 Å².